The van der Waals surface area contributed by atoms with Crippen LogP contribution in [0.5, 0.6) is 5.75 Å². The van der Waals surface area contributed by atoms with Gasteiger partial charge in [0.2, 0.25) is 0 Å². The van der Waals surface area contributed by atoms with Crippen LogP contribution in [0.25, 0.3) is 0 Å². The minimum absolute atomic E-state index is 0.347. The molecule has 0 saturated carbocycles. The number of benzene rings is 1. The third-order valence-corrected chi connectivity index (χ3v) is 3.93. The van der Waals surface area contributed by atoms with Gasteiger partial charge in [-0.2, -0.15) is 0 Å². The third kappa shape index (κ3) is 2.67. The lowest BCUT2D eigenvalue weighted by Crippen LogP contribution is -2.41. The van der Waals surface area contributed by atoms with Crippen LogP contribution in [-0.4, -0.2) is 34.7 Å². The monoisotopic (exact) mass is 272 g/mol. The van der Waals surface area contributed by atoms with E-state index in [9.17, 15) is 0 Å². The highest BCUT2D eigenvalue weighted by molar-refractivity contribution is 5.35. The van der Waals surface area contributed by atoms with Crippen molar-refractivity contribution in [1.82, 2.24) is 20.3 Å². The first-order valence-corrected chi connectivity index (χ1v) is 6.99. The number of ether oxygens (including phenoxy) is 1. The van der Waals surface area contributed by atoms with Gasteiger partial charge < -0.3 is 10.1 Å². The summed E-state index contributed by atoms with van der Waals surface area (Å²) < 4.78 is 7.63. The summed E-state index contributed by atoms with van der Waals surface area (Å²) in [7, 11) is 3.90. The van der Waals surface area contributed by atoms with Crippen LogP contribution in [-0.2, 0) is 19.9 Å². The number of hydrogen-bond donors (Lipinski definition) is 1. The fraction of sp³-hybridized carbons (Fsp3) is 0.467. The number of hydrogen-bond acceptors (Lipinski definition) is 4. The number of para-hydroxylation sites is 1. The van der Waals surface area contributed by atoms with Crippen LogP contribution in [0.2, 0.25) is 0 Å². The largest absolute Gasteiger partial charge is 0.493 e. The lowest BCUT2D eigenvalue weighted by atomic mass is 9.88. The summed E-state index contributed by atoms with van der Waals surface area (Å²) in [6.07, 6.45) is 3.89. The van der Waals surface area contributed by atoms with Gasteiger partial charge in [-0.15, -0.1) is 5.10 Å². The molecule has 0 spiro atoms. The van der Waals surface area contributed by atoms with Gasteiger partial charge in [-0.05, 0) is 25.1 Å². The molecule has 1 aliphatic rings. The zero-order valence-electron chi connectivity index (χ0n) is 11.9. The fourth-order valence-electron chi connectivity index (χ4n) is 2.83. The van der Waals surface area contributed by atoms with Crippen LogP contribution in [0.4, 0.5) is 0 Å². The van der Waals surface area contributed by atoms with Gasteiger partial charge in [-0.25, -0.2) is 0 Å². The Balaban J connectivity index is 1.71. The summed E-state index contributed by atoms with van der Waals surface area (Å²) in [5, 5.41) is 11.6. The quantitative estimate of drug-likeness (QED) is 0.908. The second kappa shape index (κ2) is 5.63. The summed E-state index contributed by atoms with van der Waals surface area (Å²) in [5.74, 6) is 1.48. The molecule has 0 bridgehead atoms. The third-order valence-electron chi connectivity index (χ3n) is 3.93. The van der Waals surface area contributed by atoms with Gasteiger partial charge in [0.1, 0.15) is 5.75 Å². The summed E-state index contributed by atoms with van der Waals surface area (Å²) >= 11 is 0. The topological polar surface area (TPSA) is 52.0 Å². The van der Waals surface area contributed by atoms with E-state index < -0.39 is 0 Å². The van der Waals surface area contributed by atoms with Gasteiger partial charge in [0.25, 0.3) is 0 Å². The molecule has 2 atom stereocenters. The van der Waals surface area contributed by atoms with E-state index >= 15 is 0 Å². The Morgan fingerprint density at radius 1 is 1.45 bits per heavy atom. The highest BCUT2D eigenvalue weighted by Gasteiger charge is 2.27. The van der Waals surface area contributed by atoms with E-state index in [0.717, 1.165) is 30.9 Å². The molecular weight excluding hydrogens is 252 g/mol. The predicted molar refractivity (Wildman–Crippen MR) is 76.7 cm³/mol. The Kier molecular flexibility index (Phi) is 3.69. The molecule has 3 rings (SSSR count). The molecule has 2 heterocycles. The van der Waals surface area contributed by atoms with Gasteiger partial charge in [0.05, 0.1) is 12.3 Å². The van der Waals surface area contributed by atoms with E-state index in [0.29, 0.717) is 12.0 Å². The number of nitrogens with zero attached hydrogens (tertiary/aromatic N) is 3. The number of nitrogens with one attached hydrogen (secondary N) is 1. The molecule has 20 heavy (non-hydrogen) atoms. The number of likely N-dealkylation sites (N-methyl/N-ethyl adjacent to an activating group) is 1. The lowest BCUT2D eigenvalue weighted by Gasteiger charge is -2.31. The van der Waals surface area contributed by atoms with Crippen molar-refractivity contribution < 1.29 is 4.74 Å². The van der Waals surface area contributed by atoms with Crippen LogP contribution < -0.4 is 10.1 Å². The van der Waals surface area contributed by atoms with Crippen molar-refractivity contribution in [3.8, 4) is 5.75 Å². The molecule has 5 heteroatoms. The first-order chi connectivity index (χ1) is 9.76. The van der Waals surface area contributed by atoms with Gasteiger partial charge >= 0.3 is 0 Å². The molecule has 1 aromatic carbocycles. The highest BCUT2D eigenvalue weighted by atomic mass is 16.5. The Labute approximate surface area is 118 Å². The molecule has 2 aromatic rings. The number of aryl methyl sites for hydroxylation is 1. The van der Waals surface area contributed by atoms with E-state index in [-0.39, 0.29) is 0 Å². The van der Waals surface area contributed by atoms with Gasteiger partial charge in [0.15, 0.2) is 0 Å². The molecule has 1 aromatic heterocycles. The Morgan fingerprint density at radius 3 is 3.05 bits per heavy atom. The van der Waals surface area contributed by atoms with Crippen molar-refractivity contribution in [2.24, 2.45) is 13.0 Å². The zero-order valence-corrected chi connectivity index (χ0v) is 11.9. The van der Waals surface area contributed by atoms with Crippen LogP contribution in [0.1, 0.15) is 11.3 Å². The van der Waals surface area contributed by atoms with Crippen molar-refractivity contribution in [2.75, 3.05) is 13.7 Å². The van der Waals surface area contributed by atoms with E-state index in [1.165, 1.54) is 5.56 Å². The van der Waals surface area contributed by atoms with Gasteiger partial charge in [0, 0.05) is 31.6 Å². The van der Waals surface area contributed by atoms with Crippen molar-refractivity contribution in [3.63, 3.8) is 0 Å². The Hall–Kier alpha value is -1.88. The molecule has 106 valence electrons. The average Bonchev–Trinajstić information content (AvgIpc) is 2.89. The Bertz CT molecular complexity index is 581. The van der Waals surface area contributed by atoms with E-state index in [4.69, 9.17) is 4.74 Å². The number of rotatable bonds is 4. The van der Waals surface area contributed by atoms with Gasteiger partial charge in [-0.1, -0.05) is 23.4 Å². The Morgan fingerprint density at radius 2 is 2.30 bits per heavy atom. The van der Waals surface area contributed by atoms with Crippen molar-refractivity contribution >= 4 is 0 Å². The average molecular weight is 272 g/mol. The second-order valence-corrected chi connectivity index (χ2v) is 5.37. The lowest BCUT2D eigenvalue weighted by molar-refractivity contribution is 0.186. The molecule has 5 nitrogen and oxygen atoms in total. The molecule has 2 unspecified atom stereocenters. The maximum absolute atomic E-state index is 5.88. The van der Waals surface area contributed by atoms with Crippen LogP contribution >= 0.6 is 0 Å². The van der Waals surface area contributed by atoms with Crippen LogP contribution in [0, 0.1) is 5.92 Å². The van der Waals surface area contributed by atoms with Crippen LogP contribution in [0.3, 0.4) is 0 Å². The van der Waals surface area contributed by atoms with E-state index in [1.54, 1.807) is 4.68 Å². The SMILES string of the molecule is CNC(Cc1cn(C)nn1)C1COc2ccccc2C1. The number of aromatic nitrogens is 3. The summed E-state index contributed by atoms with van der Waals surface area (Å²) in [5.41, 5.74) is 2.31. The van der Waals surface area contributed by atoms with Crippen LogP contribution in [0.15, 0.2) is 30.5 Å². The maximum Gasteiger partial charge on any atom is 0.122 e. The first-order valence-electron chi connectivity index (χ1n) is 6.99. The minimum Gasteiger partial charge on any atom is -0.493 e. The fourth-order valence-corrected chi connectivity index (χ4v) is 2.83. The standard InChI is InChI=1S/C15H20N4O/c1-16-14(8-13-9-19(2)18-17-13)12-7-11-5-3-4-6-15(11)20-10-12/h3-6,9,12,14,16H,7-8,10H2,1-2H3. The molecule has 0 fully saturated rings. The normalized spacial score (nSPS) is 19.2. The zero-order chi connectivity index (χ0) is 13.9. The van der Waals surface area contributed by atoms with E-state index in [2.05, 4.69) is 27.8 Å². The highest BCUT2D eigenvalue weighted by Crippen LogP contribution is 2.28. The first kappa shape index (κ1) is 13.1. The minimum atomic E-state index is 0.347. The van der Waals surface area contributed by atoms with Crippen molar-refractivity contribution in [2.45, 2.75) is 18.9 Å². The smallest absolute Gasteiger partial charge is 0.122 e. The predicted octanol–water partition coefficient (Wildman–Crippen LogP) is 1.20. The second-order valence-electron chi connectivity index (χ2n) is 5.37. The van der Waals surface area contributed by atoms with Crippen molar-refractivity contribution in [3.05, 3.63) is 41.7 Å². The van der Waals surface area contributed by atoms with E-state index in [1.807, 2.05) is 32.4 Å². The summed E-state index contributed by atoms with van der Waals surface area (Å²) in [6, 6.07) is 8.63. The number of fused-ring (bicyclic) bond motifs is 1. The molecule has 0 aliphatic carbocycles. The molecule has 0 amide bonds. The molecule has 1 aliphatic heterocycles. The maximum atomic E-state index is 5.88. The van der Waals surface area contributed by atoms with Crippen molar-refractivity contribution in [1.29, 1.82) is 0 Å². The summed E-state index contributed by atoms with van der Waals surface area (Å²) in [4.78, 5) is 0. The van der Waals surface area contributed by atoms with Gasteiger partial charge in [-0.3, -0.25) is 4.68 Å². The molecule has 1 N–H and O–H groups in total. The molecular formula is C15H20N4O. The molecule has 0 saturated heterocycles. The summed E-state index contributed by atoms with van der Waals surface area (Å²) in [6.45, 7) is 0.753. The molecule has 0 radical (unpaired) electrons.